The van der Waals surface area contributed by atoms with Crippen LogP contribution >= 0.6 is 0 Å². The minimum absolute atomic E-state index is 0.268. The van der Waals surface area contributed by atoms with Gasteiger partial charge >= 0.3 is 6.09 Å². The van der Waals surface area contributed by atoms with Gasteiger partial charge in [0.2, 0.25) is 0 Å². The van der Waals surface area contributed by atoms with Gasteiger partial charge in [0.15, 0.2) is 0 Å². The number of carbonyl (C=O) groups excluding carboxylic acids is 2. The zero-order valence-corrected chi connectivity index (χ0v) is 16.2. The average Bonchev–Trinajstić information content (AvgIpc) is 3.00. The molecule has 0 aliphatic rings. The van der Waals surface area contributed by atoms with Gasteiger partial charge in [-0.05, 0) is 63.1 Å². The van der Waals surface area contributed by atoms with Crippen molar-refractivity contribution in [3.63, 3.8) is 0 Å². The number of halogens is 1. The predicted octanol–water partition coefficient (Wildman–Crippen LogP) is 4.54. The van der Waals surface area contributed by atoms with Crippen LogP contribution in [0.15, 0.2) is 54.7 Å². The molecule has 0 spiro atoms. The number of nitrogens with zero attached hydrogens (tertiary/aromatic N) is 1. The maximum absolute atomic E-state index is 13.0. The molecule has 1 N–H and O–H groups in total. The average molecular weight is 382 g/mol. The molecule has 0 saturated carbocycles. The molecule has 0 atom stereocenters. The molecular weight excluding hydrogens is 359 g/mol. The lowest BCUT2D eigenvalue weighted by molar-refractivity contribution is 0.0544. The van der Waals surface area contributed by atoms with Gasteiger partial charge in [-0.15, -0.1) is 0 Å². The summed E-state index contributed by atoms with van der Waals surface area (Å²) < 4.78 is 19.9. The molecule has 0 aliphatic heterocycles. The van der Waals surface area contributed by atoms with Crippen molar-refractivity contribution in [2.24, 2.45) is 0 Å². The maximum atomic E-state index is 13.0. The van der Waals surface area contributed by atoms with Gasteiger partial charge in [0.25, 0.3) is 5.91 Å². The Kier molecular flexibility index (Phi) is 5.49. The molecule has 0 fully saturated rings. The summed E-state index contributed by atoms with van der Waals surface area (Å²) in [5.41, 5.74) is 1.50. The first-order valence-corrected chi connectivity index (χ1v) is 9.11. The highest BCUT2D eigenvalue weighted by Gasteiger charge is 2.20. The number of hydrogen-bond acceptors (Lipinski definition) is 3. The van der Waals surface area contributed by atoms with Crippen LogP contribution in [0.25, 0.3) is 10.9 Å². The van der Waals surface area contributed by atoms with Crippen LogP contribution in [0.4, 0.5) is 9.18 Å². The topological polar surface area (TPSA) is 60.3 Å². The van der Waals surface area contributed by atoms with Crippen molar-refractivity contribution in [3.8, 4) is 0 Å². The van der Waals surface area contributed by atoms with E-state index in [2.05, 4.69) is 5.32 Å². The van der Waals surface area contributed by atoms with Gasteiger partial charge in [-0.2, -0.15) is 0 Å². The van der Waals surface area contributed by atoms with E-state index in [1.54, 1.807) is 6.20 Å². The Balaban J connectivity index is 1.73. The van der Waals surface area contributed by atoms with Gasteiger partial charge < -0.3 is 10.1 Å². The normalized spacial score (nSPS) is 11.4. The molecule has 2 aromatic carbocycles. The second kappa shape index (κ2) is 7.84. The molecule has 0 saturated heterocycles. The largest absolute Gasteiger partial charge is 0.443 e. The second-order valence-corrected chi connectivity index (χ2v) is 7.53. The van der Waals surface area contributed by atoms with E-state index in [0.717, 1.165) is 16.5 Å². The van der Waals surface area contributed by atoms with Crippen LogP contribution in [0.2, 0.25) is 0 Å². The Bertz CT molecular complexity index is 1000. The van der Waals surface area contributed by atoms with Crippen molar-refractivity contribution in [1.82, 2.24) is 9.88 Å². The summed E-state index contributed by atoms with van der Waals surface area (Å²) in [6.45, 7) is 5.85. The molecular formula is C22H23FN2O3. The molecule has 5 nitrogen and oxygen atoms in total. The number of rotatable bonds is 4. The Labute approximate surface area is 163 Å². The van der Waals surface area contributed by atoms with E-state index >= 15 is 0 Å². The number of fused-ring (bicyclic) bond motifs is 1. The molecule has 3 rings (SSSR count). The Morgan fingerprint density at radius 1 is 1.07 bits per heavy atom. The third kappa shape index (κ3) is 4.57. The summed E-state index contributed by atoms with van der Waals surface area (Å²) in [6.07, 6.45) is 1.86. The number of ether oxygens (including phenoxy) is 1. The van der Waals surface area contributed by atoms with E-state index < -0.39 is 11.7 Å². The Hall–Kier alpha value is -3.15. The third-order valence-corrected chi connectivity index (χ3v) is 4.17. The van der Waals surface area contributed by atoms with E-state index in [-0.39, 0.29) is 11.7 Å². The number of carbonyl (C=O) groups is 2. The van der Waals surface area contributed by atoms with E-state index in [4.69, 9.17) is 4.74 Å². The van der Waals surface area contributed by atoms with Crippen LogP contribution in [0.3, 0.4) is 0 Å². The lowest BCUT2D eigenvalue weighted by Crippen LogP contribution is -2.27. The van der Waals surface area contributed by atoms with Crippen molar-refractivity contribution in [3.05, 3.63) is 71.7 Å². The van der Waals surface area contributed by atoms with Crippen LogP contribution in [0.5, 0.6) is 0 Å². The molecule has 1 amide bonds. The molecule has 146 valence electrons. The molecule has 1 aromatic heterocycles. The zero-order chi connectivity index (χ0) is 20.3. The molecule has 0 radical (unpaired) electrons. The van der Waals surface area contributed by atoms with Crippen molar-refractivity contribution >= 4 is 22.9 Å². The van der Waals surface area contributed by atoms with Crippen LogP contribution in [0.1, 0.15) is 36.7 Å². The van der Waals surface area contributed by atoms with Crippen LogP contribution in [-0.2, 0) is 11.2 Å². The summed E-state index contributed by atoms with van der Waals surface area (Å²) in [5, 5.41) is 3.76. The predicted molar refractivity (Wildman–Crippen MR) is 106 cm³/mol. The van der Waals surface area contributed by atoms with Crippen molar-refractivity contribution < 1.29 is 18.7 Å². The molecule has 0 aliphatic carbocycles. The standard InChI is InChI=1S/C22H23FN2O3/c1-22(2,3)28-21(27)25-14-16(18-6-4-5-7-19(18)25)12-13-24-20(26)15-8-10-17(23)11-9-15/h4-11,14H,12-13H2,1-3H3,(H,24,26). The van der Waals surface area contributed by atoms with Crippen molar-refractivity contribution in [1.29, 1.82) is 0 Å². The summed E-state index contributed by atoms with van der Waals surface area (Å²) in [6, 6.07) is 13.0. The van der Waals surface area contributed by atoms with Gasteiger partial charge in [-0.1, -0.05) is 18.2 Å². The minimum atomic E-state index is -0.592. The summed E-state index contributed by atoms with van der Waals surface area (Å²) >= 11 is 0. The number of aromatic nitrogens is 1. The molecule has 28 heavy (non-hydrogen) atoms. The van der Waals surface area contributed by atoms with Gasteiger partial charge in [0.05, 0.1) is 5.52 Å². The third-order valence-electron chi connectivity index (χ3n) is 4.17. The summed E-state index contributed by atoms with van der Waals surface area (Å²) in [4.78, 5) is 24.7. The Morgan fingerprint density at radius 2 is 1.75 bits per heavy atom. The monoisotopic (exact) mass is 382 g/mol. The fourth-order valence-corrected chi connectivity index (χ4v) is 2.93. The van der Waals surface area contributed by atoms with Gasteiger partial charge in [-0.3, -0.25) is 9.36 Å². The Morgan fingerprint density at radius 3 is 2.43 bits per heavy atom. The SMILES string of the molecule is CC(C)(C)OC(=O)n1cc(CCNC(=O)c2ccc(F)cc2)c2ccccc21. The number of hydrogen-bond donors (Lipinski definition) is 1. The van der Waals surface area contributed by atoms with Crippen LogP contribution in [0, 0.1) is 5.82 Å². The van der Waals surface area contributed by atoms with Gasteiger partial charge in [0, 0.05) is 23.7 Å². The smallest absolute Gasteiger partial charge is 0.419 e. The minimum Gasteiger partial charge on any atom is -0.443 e. The summed E-state index contributed by atoms with van der Waals surface area (Å²) in [7, 11) is 0. The number of para-hydroxylation sites is 1. The fraction of sp³-hybridized carbons (Fsp3) is 0.273. The second-order valence-electron chi connectivity index (χ2n) is 7.53. The van der Waals surface area contributed by atoms with E-state index in [1.165, 1.54) is 28.8 Å². The number of benzene rings is 2. The van der Waals surface area contributed by atoms with Gasteiger partial charge in [-0.25, -0.2) is 9.18 Å². The van der Waals surface area contributed by atoms with Crippen molar-refractivity contribution in [2.75, 3.05) is 6.54 Å². The van der Waals surface area contributed by atoms with E-state index in [0.29, 0.717) is 18.5 Å². The first kappa shape index (κ1) is 19.6. The molecule has 0 unspecified atom stereocenters. The maximum Gasteiger partial charge on any atom is 0.419 e. The molecule has 3 aromatic rings. The summed E-state index contributed by atoms with van der Waals surface area (Å²) in [5.74, 6) is -0.651. The van der Waals surface area contributed by atoms with Crippen molar-refractivity contribution in [2.45, 2.75) is 32.8 Å². The fourth-order valence-electron chi connectivity index (χ4n) is 2.93. The first-order valence-electron chi connectivity index (χ1n) is 9.11. The number of amides is 1. The highest BCUT2D eigenvalue weighted by molar-refractivity contribution is 5.94. The molecule has 1 heterocycles. The molecule has 0 bridgehead atoms. The highest BCUT2D eigenvalue weighted by Crippen LogP contribution is 2.23. The lowest BCUT2D eigenvalue weighted by Gasteiger charge is -2.19. The number of nitrogens with one attached hydrogen (secondary N) is 1. The molecule has 6 heteroatoms. The quantitative estimate of drug-likeness (QED) is 0.721. The van der Waals surface area contributed by atoms with Crippen LogP contribution in [-0.4, -0.2) is 28.7 Å². The van der Waals surface area contributed by atoms with Gasteiger partial charge in [0.1, 0.15) is 11.4 Å². The zero-order valence-electron chi connectivity index (χ0n) is 16.2. The van der Waals surface area contributed by atoms with Crippen LogP contribution < -0.4 is 5.32 Å². The van der Waals surface area contributed by atoms with E-state index in [9.17, 15) is 14.0 Å². The van der Waals surface area contributed by atoms with E-state index in [1.807, 2.05) is 45.0 Å². The highest BCUT2D eigenvalue weighted by atomic mass is 19.1. The lowest BCUT2D eigenvalue weighted by atomic mass is 10.1. The first-order chi connectivity index (χ1) is 13.2.